The lowest BCUT2D eigenvalue weighted by Gasteiger charge is -2.20. The van der Waals surface area contributed by atoms with Crippen LogP contribution in [0.4, 0.5) is 11.4 Å². The molecular weight excluding hydrogens is 194 g/mol. The summed E-state index contributed by atoms with van der Waals surface area (Å²) in [5, 5.41) is 0. The van der Waals surface area contributed by atoms with Gasteiger partial charge in [0.05, 0.1) is 5.69 Å². The molecule has 0 atom stereocenters. The first kappa shape index (κ1) is 10.3. The summed E-state index contributed by atoms with van der Waals surface area (Å²) in [5.41, 5.74) is 3.09. The van der Waals surface area contributed by atoms with Gasteiger partial charge in [0.25, 0.3) is 0 Å². The fraction of sp³-hybridized carbons (Fsp3) is 0.0667. The monoisotopic (exact) mass is 207 g/mol. The lowest BCUT2D eigenvalue weighted by molar-refractivity contribution is 1.20. The topological polar surface area (TPSA) is 3.24 Å². The molecule has 0 radical (unpaired) electrons. The number of rotatable bonds is 2. The van der Waals surface area contributed by atoms with Crippen LogP contribution in [0.15, 0.2) is 54.6 Å². The van der Waals surface area contributed by atoms with Gasteiger partial charge in [-0.05, 0) is 24.3 Å². The Labute approximate surface area is 96.3 Å². The van der Waals surface area contributed by atoms with Crippen molar-refractivity contribution >= 4 is 11.4 Å². The van der Waals surface area contributed by atoms with E-state index in [0.717, 1.165) is 16.9 Å². The summed E-state index contributed by atoms with van der Waals surface area (Å²) < 4.78 is 0. The minimum Gasteiger partial charge on any atom is -0.344 e. The average Bonchev–Trinajstić information content (AvgIpc) is 2.39. The third-order valence-corrected chi connectivity index (χ3v) is 2.56. The van der Waals surface area contributed by atoms with E-state index in [1.54, 1.807) is 0 Å². The second-order valence-electron chi connectivity index (χ2n) is 3.56. The zero-order valence-corrected chi connectivity index (χ0v) is 9.22. The van der Waals surface area contributed by atoms with Crippen LogP contribution in [0.25, 0.3) is 0 Å². The van der Waals surface area contributed by atoms with Gasteiger partial charge >= 0.3 is 0 Å². The van der Waals surface area contributed by atoms with E-state index in [4.69, 9.17) is 6.42 Å². The molecule has 0 amide bonds. The summed E-state index contributed by atoms with van der Waals surface area (Å²) in [4.78, 5) is 2.09. The maximum absolute atomic E-state index is 5.49. The second kappa shape index (κ2) is 4.55. The first-order chi connectivity index (χ1) is 7.83. The van der Waals surface area contributed by atoms with Crippen LogP contribution in [0, 0.1) is 12.3 Å². The van der Waals surface area contributed by atoms with Gasteiger partial charge in [-0.3, -0.25) is 0 Å². The van der Waals surface area contributed by atoms with Crippen LogP contribution in [-0.4, -0.2) is 7.05 Å². The molecule has 0 heterocycles. The first-order valence-corrected chi connectivity index (χ1v) is 5.17. The number of terminal acetylenes is 1. The van der Waals surface area contributed by atoms with E-state index < -0.39 is 0 Å². The maximum Gasteiger partial charge on any atom is 0.0567 e. The Morgan fingerprint density at radius 3 is 2.25 bits per heavy atom. The molecule has 0 saturated carbocycles. The number of anilines is 2. The molecule has 0 aliphatic rings. The largest absolute Gasteiger partial charge is 0.344 e. The van der Waals surface area contributed by atoms with Crippen molar-refractivity contribution in [2.75, 3.05) is 11.9 Å². The molecule has 0 bridgehead atoms. The predicted octanol–water partition coefficient (Wildman–Crippen LogP) is 3.44. The Bertz CT molecular complexity index is 508. The third kappa shape index (κ3) is 1.92. The first-order valence-electron chi connectivity index (χ1n) is 5.17. The Balaban J connectivity index is 2.42. The fourth-order valence-corrected chi connectivity index (χ4v) is 1.68. The quantitative estimate of drug-likeness (QED) is 0.682. The SMILES string of the molecule is C#Cc1ccccc1N(C)c1ccccc1. The number of nitrogens with zero attached hydrogens (tertiary/aromatic N) is 1. The molecule has 0 saturated heterocycles. The van der Waals surface area contributed by atoms with Crippen LogP contribution in [-0.2, 0) is 0 Å². The van der Waals surface area contributed by atoms with Crippen LogP contribution >= 0.6 is 0 Å². The molecule has 2 aromatic rings. The molecule has 2 rings (SSSR count). The van der Waals surface area contributed by atoms with Gasteiger partial charge in [-0.1, -0.05) is 36.3 Å². The summed E-state index contributed by atoms with van der Waals surface area (Å²) in [6, 6.07) is 18.1. The molecule has 0 aliphatic carbocycles. The van der Waals surface area contributed by atoms with Crippen molar-refractivity contribution in [3.63, 3.8) is 0 Å². The average molecular weight is 207 g/mol. The zero-order valence-electron chi connectivity index (χ0n) is 9.22. The molecule has 16 heavy (non-hydrogen) atoms. The third-order valence-electron chi connectivity index (χ3n) is 2.56. The summed E-state index contributed by atoms with van der Waals surface area (Å²) in [5.74, 6) is 2.70. The van der Waals surface area contributed by atoms with Gasteiger partial charge in [-0.15, -0.1) is 6.42 Å². The second-order valence-corrected chi connectivity index (χ2v) is 3.56. The Morgan fingerprint density at radius 1 is 0.938 bits per heavy atom. The Hall–Kier alpha value is -2.20. The van der Waals surface area contributed by atoms with Crippen LogP contribution < -0.4 is 4.90 Å². The molecule has 0 fully saturated rings. The van der Waals surface area contributed by atoms with Gasteiger partial charge in [0.15, 0.2) is 0 Å². The number of benzene rings is 2. The van der Waals surface area contributed by atoms with Crippen LogP contribution in [0.3, 0.4) is 0 Å². The zero-order chi connectivity index (χ0) is 11.4. The Morgan fingerprint density at radius 2 is 1.56 bits per heavy atom. The van der Waals surface area contributed by atoms with Gasteiger partial charge in [0, 0.05) is 18.3 Å². The molecule has 0 N–H and O–H groups in total. The number of hydrogen-bond acceptors (Lipinski definition) is 1. The van der Waals surface area contributed by atoms with Crippen molar-refractivity contribution in [1.29, 1.82) is 0 Å². The van der Waals surface area contributed by atoms with Crippen LogP contribution in [0.1, 0.15) is 5.56 Å². The van der Waals surface area contributed by atoms with Crippen molar-refractivity contribution in [2.45, 2.75) is 0 Å². The highest BCUT2D eigenvalue weighted by Crippen LogP contribution is 2.25. The fourth-order valence-electron chi connectivity index (χ4n) is 1.68. The molecule has 1 heteroatoms. The van der Waals surface area contributed by atoms with E-state index >= 15 is 0 Å². The van der Waals surface area contributed by atoms with Crippen molar-refractivity contribution < 1.29 is 0 Å². The van der Waals surface area contributed by atoms with E-state index in [-0.39, 0.29) is 0 Å². The number of hydrogen-bond donors (Lipinski definition) is 0. The standard InChI is InChI=1S/C15H13N/c1-3-13-9-7-8-12-15(13)16(2)14-10-5-4-6-11-14/h1,4-12H,2H3. The van der Waals surface area contributed by atoms with Gasteiger partial charge in [0.2, 0.25) is 0 Å². The van der Waals surface area contributed by atoms with E-state index in [2.05, 4.69) is 23.0 Å². The molecule has 1 nitrogen and oxygen atoms in total. The summed E-state index contributed by atoms with van der Waals surface area (Å²) >= 11 is 0. The van der Waals surface area contributed by atoms with Crippen molar-refractivity contribution in [1.82, 2.24) is 0 Å². The maximum atomic E-state index is 5.49. The van der Waals surface area contributed by atoms with Crippen LogP contribution in [0.2, 0.25) is 0 Å². The van der Waals surface area contributed by atoms with Gasteiger partial charge in [0.1, 0.15) is 0 Å². The van der Waals surface area contributed by atoms with E-state index in [1.165, 1.54) is 0 Å². The van der Waals surface area contributed by atoms with Crippen molar-refractivity contribution in [2.24, 2.45) is 0 Å². The normalized spacial score (nSPS) is 9.50. The minimum absolute atomic E-state index is 0.911. The van der Waals surface area contributed by atoms with Gasteiger partial charge in [-0.2, -0.15) is 0 Å². The highest BCUT2D eigenvalue weighted by Gasteiger charge is 2.06. The van der Waals surface area contributed by atoms with E-state index in [1.807, 2.05) is 49.5 Å². The lowest BCUT2D eigenvalue weighted by Crippen LogP contribution is -2.10. The molecule has 0 spiro atoms. The smallest absolute Gasteiger partial charge is 0.0567 e. The molecule has 0 unspecified atom stereocenters. The molecule has 0 aliphatic heterocycles. The highest BCUT2D eigenvalue weighted by atomic mass is 15.1. The van der Waals surface area contributed by atoms with Crippen molar-refractivity contribution in [3.05, 3.63) is 60.2 Å². The molecular formula is C15H13N. The van der Waals surface area contributed by atoms with Gasteiger partial charge < -0.3 is 4.90 Å². The predicted molar refractivity (Wildman–Crippen MR) is 68.9 cm³/mol. The highest BCUT2D eigenvalue weighted by molar-refractivity contribution is 5.68. The summed E-state index contributed by atoms with van der Waals surface area (Å²) in [6.07, 6.45) is 5.49. The lowest BCUT2D eigenvalue weighted by atomic mass is 10.1. The van der Waals surface area contributed by atoms with Gasteiger partial charge in [-0.25, -0.2) is 0 Å². The summed E-state index contributed by atoms with van der Waals surface area (Å²) in [6.45, 7) is 0. The molecule has 0 aromatic heterocycles. The number of para-hydroxylation sites is 2. The van der Waals surface area contributed by atoms with Crippen molar-refractivity contribution in [3.8, 4) is 12.3 Å². The molecule has 78 valence electrons. The minimum atomic E-state index is 0.911. The molecule has 2 aromatic carbocycles. The van der Waals surface area contributed by atoms with Crippen LogP contribution in [0.5, 0.6) is 0 Å². The summed E-state index contributed by atoms with van der Waals surface area (Å²) in [7, 11) is 2.02. The Kier molecular flexibility index (Phi) is 2.93. The van der Waals surface area contributed by atoms with E-state index in [0.29, 0.717) is 0 Å². The van der Waals surface area contributed by atoms with E-state index in [9.17, 15) is 0 Å².